The summed E-state index contributed by atoms with van der Waals surface area (Å²) < 4.78 is 78.2. The normalized spacial score (nSPS) is 14.7. The van der Waals surface area contributed by atoms with E-state index in [0.29, 0.717) is 59.8 Å². The van der Waals surface area contributed by atoms with E-state index in [1.165, 1.54) is 12.1 Å². The Bertz CT molecular complexity index is 2210. The lowest BCUT2D eigenvalue weighted by Gasteiger charge is -2.36. The number of aryl methyl sites for hydroxylation is 1. The Hall–Kier alpha value is -4.83. The van der Waals surface area contributed by atoms with Crippen LogP contribution in [-0.4, -0.2) is 68.0 Å². The quantitative estimate of drug-likeness (QED) is 0.0828. The van der Waals surface area contributed by atoms with Crippen LogP contribution in [0, 0.1) is 13.8 Å². The van der Waals surface area contributed by atoms with Crippen LogP contribution in [0.15, 0.2) is 51.7 Å². The largest absolute Gasteiger partial charge is 0.534 e. The summed E-state index contributed by atoms with van der Waals surface area (Å²) >= 11 is 6.22. The maximum atomic E-state index is 13.8. The van der Waals surface area contributed by atoms with Crippen molar-refractivity contribution in [1.29, 1.82) is 0 Å². The molecule has 1 saturated heterocycles. The van der Waals surface area contributed by atoms with E-state index in [0.717, 1.165) is 17.7 Å². The van der Waals surface area contributed by atoms with Crippen LogP contribution in [0.5, 0.6) is 5.75 Å². The van der Waals surface area contributed by atoms with Crippen LogP contribution >= 0.6 is 11.6 Å². The van der Waals surface area contributed by atoms with E-state index in [2.05, 4.69) is 14.5 Å². The molecular formula is C35H36ClF3N4O8S. The fourth-order valence-electron chi connectivity index (χ4n) is 5.71. The van der Waals surface area contributed by atoms with Gasteiger partial charge in [-0.25, -0.2) is 9.78 Å². The van der Waals surface area contributed by atoms with E-state index < -0.39 is 44.7 Å². The Labute approximate surface area is 302 Å². The number of ether oxygens (including phenoxy) is 1. The number of carbonyl (C=O) groups excluding carboxylic acids is 2. The molecule has 1 N–H and O–H groups in total. The lowest BCUT2D eigenvalue weighted by molar-refractivity contribution is -0.0500. The SMILES string of the molecule is Cc1cc(C(C)Nc2ccc(Cl)nc2-c2ccc(OS(=O)(=O)C(F)(F)F)c(C=O)c2)c2oc(N3CCN(C(=O)OC(C)(C)C)CC3)c(C)c(=O)c2c1. The summed E-state index contributed by atoms with van der Waals surface area (Å²) in [5, 5.41) is 3.76. The zero-order valence-corrected chi connectivity index (χ0v) is 30.6. The van der Waals surface area contributed by atoms with E-state index >= 15 is 0 Å². The number of anilines is 2. The first kappa shape index (κ1) is 38.4. The monoisotopic (exact) mass is 764 g/mol. The number of halogens is 4. The number of hydrogen-bond acceptors (Lipinski definition) is 11. The van der Waals surface area contributed by atoms with Gasteiger partial charge in [-0.15, -0.1) is 0 Å². The van der Waals surface area contributed by atoms with E-state index in [4.69, 9.17) is 20.8 Å². The highest BCUT2D eigenvalue weighted by molar-refractivity contribution is 7.88. The van der Waals surface area contributed by atoms with Crippen molar-refractivity contribution in [3.05, 3.63) is 80.1 Å². The maximum absolute atomic E-state index is 13.8. The minimum atomic E-state index is -6.04. The van der Waals surface area contributed by atoms with Gasteiger partial charge in [0.2, 0.25) is 5.88 Å². The van der Waals surface area contributed by atoms with Crippen LogP contribution < -0.4 is 19.8 Å². The first-order valence-electron chi connectivity index (χ1n) is 16.0. The van der Waals surface area contributed by atoms with Gasteiger partial charge < -0.3 is 28.5 Å². The summed E-state index contributed by atoms with van der Waals surface area (Å²) in [5.41, 5.74) is -4.10. The lowest BCUT2D eigenvalue weighted by Crippen LogP contribution is -2.50. The van der Waals surface area contributed by atoms with E-state index in [9.17, 15) is 36.0 Å². The second kappa shape index (κ2) is 14.3. The van der Waals surface area contributed by atoms with Crippen LogP contribution in [0.1, 0.15) is 60.8 Å². The summed E-state index contributed by atoms with van der Waals surface area (Å²) in [6, 6.07) is 9.45. The number of nitrogens with zero attached hydrogens (tertiary/aromatic N) is 3. The molecule has 1 fully saturated rings. The Morgan fingerprint density at radius 3 is 2.35 bits per heavy atom. The molecule has 1 aliphatic rings. The second-order valence-corrected chi connectivity index (χ2v) is 15.2. The molecule has 1 unspecified atom stereocenters. The van der Waals surface area contributed by atoms with E-state index in [1.54, 1.807) is 44.7 Å². The van der Waals surface area contributed by atoms with Gasteiger partial charge in [-0.3, -0.25) is 9.59 Å². The van der Waals surface area contributed by atoms with Crippen molar-refractivity contribution < 1.29 is 44.5 Å². The number of pyridine rings is 1. The number of benzene rings is 2. The molecule has 2 aromatic carbocycles. The number of rotatable bonds is 8. The molecule has 278 valence electrons. The van der Waals surface area contributed by atoms with Crippen molar-refractivity contribution in [2.45, 2.75) is 58.7 Å². The number of carbonyl (C=O) groups is 2. The van der Waals surface area contributed by atoms with Crippen LogP contribution in [0.2, 0.25) is 5.15 Å². The highest BCUT2D eigenvalue weighted by Gasteiger charge is 2.48. The zero-order chi connectivity index (χ0) is 38.3. The number of aromatic nitrogens is 1. The average molecular weight is 765 g/mol. The minimum absolute atomic E-state index is 0.0553. The predicted molar refractivity (Wildman–Crippen MR) is 190 cm³/mol. The van der Waals surface area contributed by atoms with Crippen molar-refractivity contribution in [3.63, 3.8) is 0 Å². The third-order valence-corrected chi connectivity index (χ3v) is 9.35. The molecule has 5 rings (SSSR count). The Morgan fingerprint density at radius 2 is 1.73 bits per heavy atom. The van der Waals surface area contributed by atoms with Gasteiger partial charge in [0, 0.05) is 37.3 Å². The van der Waals surface area contributed by atoms with Gasteiger partial charge in [0.15, 0.2) is 17.5 Å². The molecule has 17 heteroatoms. The Kier molecular flexibility index (Phi) is 10.6. The van der Waals surface area contributed by atoms with Gasteiger partial charge in [0.05, 0.1) is 33.9 Å². The second-order valence-electron chi connectivity index (χ2n) is 13.3. The minimum Gasteiger partial charge on any atom is -0.444 e. The maximum Gasteiger partial charge on any atom is 0.534 e. The van der Waals surface area contributed by atoms with Gasteiger partial charge in [0.25, 0.3) is 0 Å². The molecular weight excluding hydrogens is 729 g/mol. The molecule has 4 aromatic rings. The van der Waals surface area contributed by atoms with E-state index in [-0.39, 0.29) is 28.1 Å². The molecule has 0 spiro atoms. The number of hydrogen-bond donors (Lipinski definition) is 1. The highest BCUT2D eigenvalue weighted by Crippen LogP contribution is 2.37. The van der Waals surface area contributed by atoms with Gasteiger partial charge in [-0.2, -0.15) is 21.6 Å². The molecule has 0 radical (unpaired) electrons. The smallest absolute Gasteiger partial charge is 0.444 e. The fraction of sp³-hybridized carbons (Fsp3) is 0.371. The van der Waals surface area contributed by atoms with Crippen LogP contribution in [0.4, 0.5) is 29.5 Å². The molecule has 0 aliphatic carbocycles. The standard InChI is InChI=1S/C35H36ClF3N4O8S/c1-19-15-24(31-25(16-19)30(45)20(2)32(49-31)42-11-13-43(14-12-42)33(46)50-34(4,5)6)21(3)40-26-8-10-28(36)41-29(26)22-7-9-27(23(17-22)18-44)51-52(47,48)35(37,38)39/h7-10,15-18,21,40H,11-14H2,1-6H3. The molecule has 3 heterocycles. The number of fused-ring (bicyclic) bond motifs is 1. The van der Waals surface area contributed by atoms with Gasteiger partial charge >= 0.3 is 21.7 Å². The summed E-state index contributed by atoms with van der Waals surface area (Å²) in [7, 11) is -6.04. The molecule has 1 amide bonds. The average Bonchev–Trinajstić information content (AvgIpc) is 3.06. The van der Waals surface area contributed by atoms with E-state index in [1.807, 2.05) is 24.8 Å². The summed E-state index contributed by atoms with van der Waals surface area (Å²) in [5.74, 6) is -0.441. The van der Waals surface area contributed by atoms with Crippen molar-refractivity contribution in [2.24, 2.45) is 0 Å². The molecule has 1 atom stereocenters. The van der Waals surface area contributed by atoms with Crippen molar-refractivity contribution in [2.75, 3.05) is 36.4 Å². The molecule has 2 aromatic heterocycles. The summed E-state index contributed by atoms with van der Waals surface area (Å²) in [6.45, 7) is 12.3. The zero-order valence-electron chi connectivity index (χ0n) is 29.1. The summed E-state index contributed by atoms with van der Waals surface area (Å²) in [6.07, 6.45) is -0.262. The Morgan fingerprint density at radius 1 is 1.06 bits per heavy atom. The molecule has 1 aliphatic heterocycles. The van der Waals surface area contributed by atoms with Crippen molar-refractivity contribution >= 4 is 56.6 Å². The molecule has 52 heavy (non-hydrogen) atoms. The molecule has 12 nitrogen and oxygen atoms in total. The lowest BCUT2D eigenvalue weighted by atomic mass is 9.99. The topological polar surface area (TPSA) is 148 Å². The third-order valence-electron chi connectivity index (χ3n) is 8.18. The third kappa shape index (κ3) is 8.12. The van der Waals surface area contributed by atoms with Crippen LogP contribution in [0.3, 0.4) is 0 Å². The number of alkyl halides is 3. The van der Waals surface area contributed by atoms with Gasteiger partial charge in [0.1, 0.15) is 16.3 Å². The first-order chi connectivity index (χ1) is 24.2. The van der Waals surface area contributed by atoms with Gasteiger partial charge in [-0.05, 0) is 83.5 Å². The van der Waals surface area contributed by atoms with Gasteiger partial charge in [-0.1, -0.05) is 17.7 Å². The number of nitrogens with one attached hydrogen (secondary N) is 1. The van der Waals surface area contributed by atoms with Crippen LogP contribution in [-0.2, 0) is 14.9 Å². The van der Waals surface area contributed by atoms with Crippen molar-refractivity contribution in [1.82, 2.24) is 9.88 Å². The Balaban J connectivity index is 1.48. The number of aldehydes is 1. The predicted octanol–water partition coefficient (Wildman–Crippen LogP) is 7.40. The number of amides is 1. The molecule has 0 saturated carbocycles. The van der Waals surface area contributed by atoms with Crippen LogP contribution in [0.25, 0.3) is 22.2 Å². The molecule has 0 bridgehead atoms. The number of piperazine rings is 1. The summed E-state index contributed by atoms with van der Waals surface area (Å²) in [4.78, 5) is 46.1. The fourth-order valence-corrected chi connectivity index (χ4v) is 6.34. The van der Waals surface area contributed by atoms with Crippen molar-refractivity contribution in [3.8, 4) is 17.0 Å². The first-order valence-corrected chi connectivity index (χ1v) is 17.8. The highest BCUT2D eigenvalue weighted by atomic mass is 35.5.